The van der Waals surface area contributed by atoms with E-state index in [4.69, 9.17) is 5.26 Å². The van der Waals surface area contributed by atoms with Crippen molar-refractivity contribution >= 4 is 23.2 Å². The number of benzene rings is 2. The van der Waals surface area contributed by atoms with Crippen molar-refractivity contribution in [2.75, 3.05) is 10.6 Å². The summed E-state index contributed by atoms with van der Waals surface area (Å²) in [6, 6.07) is 17.7. The van der Waals surface area contributed by atoms with E-state index in [9.17, 15) is 9.59 Å². The zero-order valence-electron chi connectivity index (χ0n) is 16.1. The van der Waals surface area contributed by atoms with Crippen molar-refractivity contribution in [1.29, 1.82) is 5.26 Å². The SMILES string of the molecule is CC(C)c1ccc(NC(=O)c2cncc(C(=O)Nc3ccc(C#N)cc3)c2)cc1. The van der Waals surface area contributed by atoms with Crippen LogP contribution < -0.4 is 10.6 Å². The molecule has 0 saturated carbocycles. The minimum absolute atomic E-state index is 0.261. The summed E-state index contributed by atoms with van der Waals surface area (Å²) >= 11 is 0. The number of nitrogens with zero attached hydrogens (tertiary/aromatic N) is 2. The summed E-state index contributed by atoms with van der Waals surface area (Å²) in [5, 5.41) is 14.4. The number of anilines is 2. The highest BCUT2D eigenvalue weighted by Gasteiger charge is 2.12. The number of carbonyl (C=O) groups excluding carboxylic acids is 2. The first kappa shape index (κ1) is 19.8. The molecule has 144 valence electrons. The molecule has 0 radical (unpaired) electrons. The summed E-state index contributed by atoms with van der Waals surface area (Å²) in [7, 11) is 0. The third-order valence-corrected chi connectivity index (χ3v) is 4.37. The van der Waals surface area contributed by atoms with E-state index < -0.39 is 5.91 Å². The van der Waals surface area contributed by atoms with E-state index in [0.717, 1.165) is 0 Å². The van der Waals surface area contributed by atoms with Gasteiger partial charge in [0.25, 0.3) is 11.8 Å². The topological polar surface area (TPSA) is 94.9 Å². The van der Waals surface area contributed by atoms with E-state index >= 15 is 0 Å². The highest BCUT2D eigenvalue weighted by Crippen LogP contribution is 2.18. The van der Waals surface area contributed by atoms with Crippen LogP contribution in [0.15, 0.2) is 67.0 Å². The number of nitrogens with one attached hydrogen (secondary N) is 2. The van der Waals surface area contributed by atoms with Crippen LogP contribution in [0.2, 0.25) is 0 Å². The Morgan fingerprint density at radius 2 is 1.34 bits per heavy atom. The molecule has 2 N–H and O–H groups in total. The average molecular weight is 384 g/mol. The largest absolute Gasteiger partial charge is 0.322 e. The van der Waals surface area contributed by atoms with Gasteiger partial charge in [0.2, 0.25) is 0 Å². The molecule has 0 unspecified atom stereocenters. The fourth-order valence-electron chi connectivity index (χ4n) is 2.67. The molecule has 1 heterocycles. The lowest BCUT2D eigenvalue weighted by Gasteiger charge is -2.09. The van der Waals surface area contributed by atoms with Gasteiger partial charge in [0.05, 0.1) is 22.8 Å². The van der Waals surface area contributed by atoms with Crippen molar-refractivity contribution in [1.82, 2.24) is 4.98 Å². The minimum Gasteiger partial charge on any atom is -0.322 e. The minimum atomic E-state index is -0.391. The summed E-state index contributed by atoms with van der Waals surface area (Å²) in [6.45, 7) is 4.21. The first-order valence-electron chi connectivity index (χ1n) is 9.14. The Morgan fingerprint density at radius 3 is 1.79 bits per heavy atom. The lowest BCUT2D eigenvalue weighted by molar-refractivity contribution is 0.102. The van der Waals surface area contributed by atoms with Gasteiger partial charge in [-0.1, -0.05) is 26.0 Å². The van der Waals surface area contributed by atoms with E-state index in [1.165, 1.54) is 24.0 Å². The van der Waals surface area contributed by atoms with Crippen LogP contribution in [0, 0.1) is 11.3 Å². The number of rotatable bonds is 5. The quantitative estimate of drug-likeness (QED) is 0.673. The Hall–Kier alpha value is -3.98. The van der Waals surface area contributed by atoms with Gasteiger partial charge in [0, 0.05) is 23.8 Å². The number of amides is 2. The molecule has 2 aromatic carbocycles. The normalized spacial score (nSPS) is 10.3. The number of hydrogen-bond donors (Lipinski definition) is 2. The number of aromatic nitrogens is 1. The molecule has 0 aliphatic heterocycles. The van der Waals surface area contributed by atoms with Crippen LogP contribution in [0.1, 0.15) is 51.6 Å². The van der Waals surface area contributed by atoms with Gasteiger partial charge in [0.15, 0.2) is 0 Å². The van der Waals surface area contributed by atoms with Crippen molar-refractivity contribution in [3.8, 4) is 6.07 Å². The molecule has 0 atom stereocenters. The van der Waals surface area contributed by atoms with E-state index in [1.807, 2.05) is 30.3 Å². The van der Waals surface area contributed by atoms with E-state index in [2.05, 4.69) is 29.5 Å². The van der Waals surface area contributed by atoms with Gasteiger partial charge in [-0.05, 0) is 53.9 Å². The smallest absolute Gasteiger partial charge is 0.257 e. The zero-order chi connectivity index (χ0) is 20.8. The van der Waals surface area contributed by atoms with Gasteiger partial charge >= 0.3 is 0 Å². The Labute approximate surface area is 169 Å². The molecular weight excluding hydrogens is 364 g/mol. The van der Waals surface area contributed by atoms with E-state index in [0.29, 0.717) is 22.9 Å². The van der Waals surface area contributed by atoms with Gasteiger partial charge in [-0.25, -0.2) is 0 Å². The van der Waals surface area contributed by atoms with Crippen LogP contribution in [0.5, 0.6) is 0 Å². The molecule has 3 rings (SSSR count). The monoisotopic (exact) mass is 384 g/mol. The second-order valence-electron chi connectivity index (χ2n) is 6.84. The maximum atomic E-state index is 12.5. The number of carbonyl (C=O) groups is 2. The molecule has 0 saturated heterocycles. The van der Waals surface area contributed by atoms with Crippen molar-refractivity contribution in [2.45, 2.75) is 19.8 Å². The fourth-order valence-corrected chi connectivity index (χ4v) is 2.67. The van der Waals surface area contributed by atoms with Crippen LogP contribution in [0.4, 0.5) is 11.4 Å². The molecule has 0 aliphatic carbocycles. The van der Waals surface area contributed by atoms with Crippen molar-refractivity contribution in [3.05, 3.63) is 89.2 Å². The first-order chi connectivity index (χ1) is 14.0. The highest BCUT2D eigenvalue weighted by molar-refractivity contribution is 6.08. The highest BCUT2D eigenvalue weighted by atomic mass is 16.2. The second-order valence-corrected chi connectivity index (χ2v) is 6.84. The molecular formula is C23H20N4O2. The lowest BCUT2D eigenvalue weighted by atomic mass is 10.0. The Balaban J connectivity index is 1.69. The summed E-state index contributed by atoms with van der Waals surface area (Å²) in [5.74, 6) is -0.323. The number of nitriles is 1. The molecule has 6 heteroatoms. The molecule has 29 heavy (non-hydrogen) atoms. The molecule has 1 aromatic heterocycles. The summed E-state index contributed by atoms with van der Waals surface area (Å²) in [6.07, 6.45) is 2.81. The first-order valence-corrected chi connectivity index (χ1v) is 9.14. The predicted molar refractivity (Wildman–Crippen MR) is 112 cm³/mol. The molecule has 0 spiro atoms. The van der Waals surface area contributed by atoms with Crippen LogP contribution >= 0.6 is 0 Å². The molecule has 2 amide bonds. The number of hydrogen-bond acceptors (Lipinski definition) is 4. The van der Waals surface area contributed by atoms with Crippen molar-refractivity contribution < 1.29 is 9.59 Å². The number of pyridine rings is 1. The second kappa shape index (κ2) is 8.81. The third-order valence-electron chi connectivity index (χ3n) is 4.37. The maximum Gasteiger partial charge on any atom is 0.257 e. The molecule has 0 fully saturated rings. The molecule has 0 bridgehead atoms. The van der Waals surface area contributed by atoms with Crippen LogP contribution in [-0.2, 0) is 0 Å². The molecule has 0 aliphatic rings. The zero-order valence-corrected chi connectivity index (χ0v) is 16.1. The fraction of sp³-hybridized carbons (Fsp3) is 0.130. The Bertz CT molecular complexity index is 1070. The van der Waals surface area contributed by atoms with Gasteiger partial charge in [-0.15, -0.1) is 0 Å². The van der Waals surface area contributed by atoms with Gasteiger partial charge in [-0.3, -0.25) is 14.6 Å². The average Bonchev–Trinajstić information content (AvgIpc) is 2.74. The van der Waals surface area contributed by atoms with Gasteiger partial charge < -0.3 is 10.6 Å². The van der Waals surface area contributed by atoms with Crippen LogP contribution in [0.25, 0.3) is 0 Å². The maximum absolute atomic E-state index is 12.5. The van der Waals surface area contributed by atoms with Crippen molar-refractivity contribution in [2.24, 2.45) is 0 Å². The Kier molecular flexibility index (Phi) is 6.00. The van der Waals surface area contributed by atoms with E-state index in [1.54, 1.807) is 24.3 Å². The summed E-state index contributed by atoms with van der Waals surface area (Å²) in [4.78, 5) is 29.0. The lowest BCUT2D eigenvalue weighted by Crippen LogP contribution is -2.16. The predicted octanol–water partition coefficient (Wildman–Crippen LogP) is 4.58. The summed E-state index contributed by atoms with van der Waals surface area (Å²) in [5.41, 5.74) is 3.46. The van der Waals surface area contributed by atoms with Crippen LogP contribution in [0.3, 0.4) is 0 Å². The van der Waals surface area contributed by atoms with Crippen LogP contribution in [-0.4, -0.2) is 16.8 Å². The standard InChI is InChI=1S/C23H20N4O2/c1-15(2)17-5-9-21(10-6-17)27-23(29)19-11-18(13-25-14-19)22(28)26-20-7-3-16(12-24)4-8-20/h3-11,13-15H,1-2H3,(H,26,28)(H,27,29). The molecule has 3 aromatic rings. The van der Waals surface area contributed by atoms with Crippen molar-refractivity contribution in [3.63, 3.8) is 0 Å². The van der Waals surface area contributed by atoms with Gasteiger partial charge in [0.1, 0.15) is 0 Å². The Morgan fingerprint density at radius 1 is 0.862 bits per heavy atom. The molecule has 6 nitrogen and oxygen atoms in total. The van der Waals surface area contributed by atoms with E-state index in [-0.39, 0.29) is 17.0 Å². The van der Waals surface area contributed by atoms with Gasteiger partial charge in [-0.2, -0.15) is 5.26 Å². The summed E-state index contributed by atoms with van der Waals surface area (Å²) < 4.78 is 0. The third kappa shape index (κ3) is 5.05.